The smallest absolute Gasteiger partial charge is 0.681 e. The van der Waals surface area contributed by atoms with Crippen LogP contribution in [0.4, 0.5) is 0 Å². The third kappa shape index (κ3) is 11.7. The predicted octanol–water partition coefficient (Wildman–Crippen LogP) is -2.07. The Morgan fingerprint density at radius 3 is 1.75 bits per heavy atom. The number of rotatable bonds is 0. The zero-order valence-electron chi connectivity index (χ0n) is 2.38. The van der Waals surface area contributed by atoms with Gasteiger partial charge in [-0.15, -0.1) is 0 Å². The second-order valence-electron chi connectivity index (χ2n) is 0.0945. The maximum atomic E-state index is 5.88. The Bertz CT molecular complexity index is 27.5. The van der Waals surface area contributed by atoms with Crippen LogP contribution in [-0.4, -0.2) is 0 Å². The Labute approximate surface area is 56.4 Å². The molecule has 0 aliphatic carbocycles. The van der Waals surface area contributed by atoms with Gasteiger partial charge in [0.15, 0.2) is 0 Å². The molecule has 0 aromatic rings. The summed E-state index contributed by atoms with van der Waals surface area (Å²) in [5.74, 6) is 0. The van der Waals surface area contributed by atoms with Crippen LogP contribution >= 0.6 is 15.9 Å². The summed E-state index contributed by atoms with van der Waals surface area (Å²) in [4.78, 5) is 1.81. The number of halogens is 1. The Morgan fingerprint density at radius 1 is 1.75 bits per heavy atom. The molecule has 0 saturated carbocycles. The molecule has 0 rings (SSSR count). The van der Waals surface area contributed by atoms with Crippen molar-refractivity contribution >= 4 is 15.9 Å². The van der Waals surface area contributed by atoms with Crippen molar-refractivity contribution in [2.75, 3.05) is 0 Å². The van der Waals surface area contributed by atoms with Crippen molar-refractivity contribution in [3.05, 3.63) is 6.42 Å². The van der Waals surface area contributed by atoms with Gasteiger partial charge < -0.3 is 6.42 Å². The minimum atomic E-state index is 0. The number of hydrogen-bond acceptors (Lipinski definition) is 0. The molecule has 0 aliphatic heterocycles. The van der Waals surface area contributed by atoms with E-state index in [0.717, 1.165) is 0 Å². The van der Waals surface area contributed by atoms with Crippen LogP contribution in [0.15, 0.2) is 0 Å². The van der Waals surface area contributed by atoms with Gasteiger partial charge in [0.1, 0.15) is 0 Å². The molecule has 0 nitrogen and oxygen atoms in total. The summed E-state index contributed by atoms with van der Waals surface area (Å²) in [6.45, 7) is 0. The van der Waals surface area contributed by atoms with E-state index in [2.05, 4.69) is 15.9 Å². The van der Waals surface area contributed by atoms with E-state index in [1.54, 1.807) is 0 Å². The van der Waals surface area contributed by atoms with Crippen LogP contribution in [0.2, 0.25) is 0 Å². The van der Waals surface area contributed by atoms with Crippen molar-refractivity contribution in [2.45, 2.75) is 0 Å². The number of hydrogen-bond donors (Lipinski definition) is 0. The maximum Gasteiger partial charge on any atom is 1.00 e. The summed E-state index contributed by atoms with van der Waals surface area (Å²) in [5, 5.41) is 0. The van der Waals surface area contributed by atoms with E-state index < -0.39 is 0 Å². The first kappa shape index (κ1) is 8.90. The fraction of sp³-hybridized carbons (Fsp3) is 0. The zero-order valence-corrected chi connectivity index (χ0v) is 5.96. The predicted molar refractivity (Wildman–Crippen MR) is 16.1 cm³/mol. The normalized spacial score (nSPS) is 2.00. The Balaban J connectivity index is 0. The first-order valence-corrected chi connectivity index (χ1v) is 1.23. The molecule has 0 N–H and O–H groups in total. The van der Waals surface area contributed by atoms with E-state index >= 15 is 0 Å². The van der Waals surface area contributed by atoms with Gasteiger partial charge >= 0.3 is 29.6 Å². The second kappa shape index (κ2) is 8.97. The largest absolute Gasteiger partial charge is 1.00 e. The van der Waals surface area contributed by atoms with Gasteiger partial charge in [0.05, 0.1) is 0 Å². The molecule has 4 heavy (non-hydrogen) atoms. The standard InChI is InChI=1S/C2Br.Na/c1-2-3;/q-1;+1. The van der Waals surface area contributed by atoms with Crippen LogP contribution in [0.5, 0.6) is 0 Å². The van der Waals surface area contributed by atoms with Crippen molar-refractivity contribution < 1.29 is 29.6 Å². The van der Waals surface area contributed by atoms with Gasteiger partial charge in [-0.05, 0) is 15.9 Å². The molecule has 0 heterocycles. The molecule has 0 radical (unpaired) electrons. The van der Waals surface area contributed by atoms with Crippen LogP contribution in [0.25, 0.3) is 0 Å². The van der Waals surface area contributed by atoms with Gasteiger partial charge in [0.25, 0.3) is 0 Å². The molecule has 0 amide bonds. The Morgan fingerprint density at radius 2 is 1.75 bits per heavy atom. The van der Waals surface area contributed by atoms with Gasteiger partial charge in [-0.2, -0.15) is 0 Å². The van der Waals surface area contributed by atoms with Crippen LogP contribution in [0.1, 0.15) is 0 Å². The average Bonchev–Trinajstić information content (AvgIpc) is 0.918. The summed E-state index contributed by atoms with van der Waals surface area (Å²) in [7, 11) is 0. The molecule has 0 fully saturated rings. The molecule has 2 heteroatoms. The van der Waals surface area contributed by atoms with Gasteiger partial charge in [0.2, 0.25) is 0 Å². The molecule has 0 aromatic carbocycles. The van der Waals surface area contributed by atoms with Crippen molar-refractivity contribution in [3.8, 4) is 4.83 Å². The van der Waals surface area contributed by atoms with Gasteiger partial charge in [-0.3, -0.25) is 4.83 Å². The first-order chi connectivity index (χ1) is 1.41. The molecule has 0 bridgehead atoms. The summed E-state index contributed by atoms with van der Waals surface area (Å²) >= 11 is 2.56. The quantitative estimate of drug-likeness (QED) is 0.199. The Kier molecular flexibility index (Phi) is 20.0. The third-order valence-corrected chi connectivity index (χ3v) is 0. The van der Waals surface area contributed by atoms with E-state index in [9.17, 15) is 0 Å². The van der Waals surface area contributed by atoms with E-state index in [0.29, 0.717) is 0 Å². The molecular weight excluding hydrogens is 127 g/mol. The van der Waals surface area contributed by atoms with Gasteiger partial charge in [-0.1, -0.05) is 0 Å². The van der Waals surface area contributed by atoms with Crippen molar-refractivity contribution in [2.24, 2.45) is 0 Å². The molecule has 0 saturated heterocycles. The monoisotopic (exact) mass is 126 g/mol. The summed E-state index contributed by atoms with van der Waals surface area (Å²) < 4.78 is 0. The van der Waals surface area contributed by atoms with E-state index in [-0.39, 0.29) is 29.6 Å². The SMILES string of the molecule is [C-]#CBr.[Na+]. The first-order valence-electron chi connectivity index (χ1n) is 0.439. The van der Waals surface area contributed by atoms with Crippen LogP contribution in [0, 0.1) is 11.3 Å². The van der Waals surface area contributed by atoms with Crippen molar-refractivity contribution in [3.63, 3.8) is 0 Å². The summed E-state index contributed by atoms with van der Waals surface area (Å²) in [6, 6.07) is 0. The van der Waals surface area contributed by atoms with Crippen LogP contribution in [0.3, 0.4) is 0 Å². The second-order valence-corrected chi connectivity index (χ2v) is 0.491. The molecule has 0 spiro atoms. The Hall–Kier alpha value is 1.04. The molecule has 16 valence electrons. The minimum absolute atomic E-state index is 0. The topological polar surface area (TPSA) is 0 Å². The van der Waals surface area contributed by atoms with E-state index in [1.165, 1.54) is 0 Å². The summed E-state index contributed by atoms with van der Waals surface area (Å²) in [6.07, 6.45) is 5.88. The molecule has 0 unspecified atom stereocenters. The third-order valence-electron chi connectivity index (χ3n) is 0. The average molecular weight is 127 g/mol. The van der Waals surface area contributed by atoms with Crippen LogP contribution in [-0.2, 0) is 0 Å². The fourth-order valence-corrected chi connectivity index (χ4v) is 0. The van der Waals surface area contributed by atoms with Gasteiger partial charge in [-0.25, -0.2) is 0 Å². The van der Waals surface area contributed by atoms with E-state index in [1.807, 2.05) is 4.83 Å². The zero-order chi connectivity index (χ0) is 2.71. The van der Waals surface area contributed by atoms with Crippen molar-refractivity contribution in [1.29, 1.82) is 0 Å². The van der Waals surface area contributed by atoms with Gasteiger partial charge in [0, 0.05) is 0 Å². The molecule has 0 atom stereocenters. The maximum absolute atomic E-state index is 5.88. The molecular formula is C2BrNa. The fourth-order valence-electron chi connectivity index (χ4n) is 0. The molecule has 0 aromatic heterocycles. The minimum Gasteiger partial charge on any atom is -0.681 e. The van der Waals surface area contributed by atoms with Crippen LogP contribution < -0.4 is 29.6 Å². The van der Waals surface area contributed by atoms with Crippen molar-refractivity contribution in [1.82, 2.24) is 0 Å². The summed E-state index contributed by atoms with van der Waals surface area (Å²) in [5.41, 5.74) is 0. The van der Waals surface area contributed by atoms with E-state index in [4.69, 9.17) is 6.42 Å². The molecule has 0 aliphatic rings.